The summed E-state index contributed by atoms with van der Waals surface area (Å²) in [5, 5.41) is 2.74. The summed E-state index contributed by atoms with van der Waals surface area (Å²) in [4.78, 5) is 26.8. The van der Waals surface area contributed by atoms with Gasteiger partial charge in [-0.15, -0.1) is 11.8 Å². The second kappa shape index (κ2) is 7.61. The third-order valence-electron chi connectivity index (χ3n) is 4.79. The summed E-state index contributed by atoms with van der Waals surface area (Å²) in [7, 11) is 2.01. The summed E-state index contributed by atoms with van der Waals surface area (Å²) in [5.74, 6) is 0.374. The van der Waals surface area contributed by atoms with Crippen LogP contribution in [-0.2, 0) is 15.0 Å². The lowest BCUT2D eigenvalue weighted by Crippen LogP contribution is -2.24. The molecule has 1 heterocycles. The summed E-state index contributed by atoms with van der Waals surface area (Å²) >= 11 is 1.50. The molecule has 0 aliphatic carbocycles. The Labute approximate surface area is 164 Å². The number of benzene rings is 2. The lowest BCUT2D eigenvalue weighted by atomic mass is 9.83. The van der Waals surface area contributed by atoms with Gasteiger partial charge in [0.2, 0.25) is 5.91 Å². The van der Waals surface area contributed by atoms with Crippen LogP contribution in [0.25, 0.3) is 0 Å². The summed E-state index contributed by atoms with van der Waals surface area (Å²) in [5.41, 5.74) is 3.99. The number of ketones is 1. The molecule has 1 N–H and O–H groups in total. The molecule has 1 aliphatic heterocycles. The highest BCUT2D eigenvalue weighted by atomic mass is 32.2. The van der Waals surface area contributed by atoms with Crippen molar-refractivity contribution in [1.82, 2.24) is 0 Å². The number of para-hydroxylation sites is 1. The molecule has 3 rings (SSSR count). The molecule has 4 nitrogen and oxygen atoms in total. The maximum Gasteiger partial charge on any atom is 0.221 e. The molecule has 5 heteroatoms. The first kappa shape index (κ1) is 19.2. The van der Waals surface area contributed by atoms with Crippen LogP contribution in [0.3, 0.4) is 0 Å². The Balaban J connectivity index is 1.68. The van der Waals surface area contributed by atoms with Crippen LogP contribution < -0.4 is 10.2 Å². The molecule has 0 aromatic heterocycles. The number of carbonyl (C=O) groups excluding carboxylic acids is 2. The van der Waals surface area contributed by atoms with Gasteiger partial charge in [0.25, 0.3) is 0 Å². The number of nitrogens with zero attached hydrogens (tertiary/aromatic N) is 1. The van der Waals surface area contributed by atoms with Gasteiger partial charge in [0.1, 0.15) is 0 Å². The van der Waals surface area contributed by atoms with E-state index >= 15 is 0 Å². The molecule has 0 fully saturated rings. The summed E-state index contributed by atoms with van der Waals surface area (Å²) < 4.78 is 0. The van der Waals surface area contributed by atoms with Crippen molar-refractivity contribution in [2.45, 2.75) is 31.1 Å². The van der Waals surface area contributed by atoms with E-state index in [0.717, 1.165) is 22.0 Å². The monoisotopic (exact) mass is 380 g/mol. The van der Waals surface area contributed by atoms with E-state index < -0.39 is 0 Å². The Hall–Kier alpha value is -2.53. The van der Waals surface area contributed by atoms with Crippen LogP contribution in [0.4, 0.5) is 11.4 Å². The molecule has 1 aliphatic rings. The fourth-order valence-electron chi connectivity index (χ4n) is 3.45. The lowest BCUT2D eigenvalue weighted by Gasteiger charge is -2.23. The van der Waals surface area contributed by atoms with Crippen molar-refractivity contribution in [2.24, 2.45) is 0 Å². The number of rotatable bonds is 5. The zero-order valence-corrected chi connectivity index (χ0v) is 16.9. The van der Waals surface area contributed by atoms with E-state index in [0.29, 0.717) is 5.75 Å². The molecule has 2 aromatic rings. The Kier molecular flexibility index (Phi) is 5.42. The van der Waals surface area contributed by atoms with E-state index in [-0.39, 0.29) is 17.1 Å². The first-order valence-corrected chi connectivity index (χ1v) is 9.86. The van der Waals surface area contributed by atoms with Gasteiger partial charge in [-0.25, -0.2) is 0 Å². The van der Waals surface area contributed by atoms with E-state index in [4.69, 9.17) is 0 Å². The van der Waals surface area contributed by atoms with E-state index in [1.54, 1.807) is 6.08 Å². The standard InChI is InChI=1S/C22H24N2O2S/c1-15(25)23-16-9-11-18(12-10-16)27-14-17(26)13-21-22(2,3)19-7-5-6-8-20(19)24(21)4/h5-13H,14H2,1-4H3,(H,23,25)/b21-13-. The van der Waals surface area contributed by atoms with Crippen molar-refractivity contribution in [2.75, 3.05) is 23.0 Å². The maximum atomic E-state index is 12.6. The second-order valence-electron chi connectivity index (χ2n) is 7.19. The molecular formula is C22H24N2O2S. The third kappa shape index (κ3) is 4.08. The van der Waals surface area contributed by atoms with Gasteiger partial charge >= 0.3 is 0 Å². The average molecular weight is 381 g/mol. The van der Waals surface area contributed by atoms with Gasteiger partial charge in [-0.3, -0.25) is 9.59 Å². The molecule has 1 amide bonds. The minimum atomic E-state index is -0.189. The number of amides is 1. The highest BCUT2D eigenvalue weighted by molar-refractivity contribution is 8.00. The topological polar surface area (TPSA) is 49.4 Å². The minimum absolute atomic E-state index is 0.0914. The SMILES string of the molecule is CC(=O)Nc1ccc(SCC(=O)/C=C2\N(C)c3ccccc3C2(C)C)cc1. The molecule has 0 saturated carbocycles. The first-order valence-electron chi connectivity index (χ1n) is 8.88. The molecule has 0 saturated heterocycles. The Morgan fingerprint density at radius 2 is 1.78 bits per heavy atom. The van der Waals surface area contributed by atoms with Crippen molar-refractivity contribution >= 4 is 34.8 Å². The van der Waals surface area contributed by atoms with Gasteiger partial charge in [0.15, 0.2) is 5.78 Å². The van der Waals surface area contributed by atoms with Crippen LogP contribution >= 0.6 is 11.8 Å². The molecule has 0 unspecified atom stereocenters. The zero-order valence-electron chi connectivity index (χ0n) is 16.1. The normalized spacial score (nSPS) is 16.3. The first-order chi connectivity index (χ1) is 12.8. The number of allylic oxidation sites excluding steroid dienone is 2. The van der Waals surface area contributed by atoms with Crippen LogP contribution in [0.1, 0.15) is 26.3 Å². The molecule has 27 heavy (non-hydrogen) atoms. The fraction of sp³-hybridized carbons (Fsp3) is 0.273. The van der Waals surface area contributed by atoms with Crippen LogP contribution in [0.15, 0.2) is 65.2 Å². The number of thioether (sulfide) groups is 1. The Morgan fingerprint density at radius 3 is 2.41 bits per heavy atom. The summed E-state index contributed by atoms with van der Waals surface area (Å²) in [6.07, 6.45) is 1.78. The lowest BCUT2D eigenvalue weighted by molar-refractivity contribution is -0.114. The third-order valence-corrected chi connectivity index (χ3v) is 5.83. The molecule has 0 radical (unpaired) electrons. The smallest absolute Gasteiger partial charge is 0.221 e. The number of likely N-dealkylation sites (N-methyl/N-ethyl adjacent to an activating group) is 1. The quantitative estimate of drug-likeness (QED) is 0.607. The van der Waals surface area contributed by atoms with Crippen molar-refractivity contribution < 1.29 is 9.59 Å². The number of nitrogens with one attached hydrogen (secondary N) is 1. The van der Waals surface area contributed by atoms with Crippen LogP contribution in [0, 0.1) is 0 Å². The van der Waals surface area contributed by atoms with Crippen molar-refractivity contribution in [3.8, 4) is 0 Å². The van der Waals surface area contributed by atoms with Crippen LogP contribution in [-0.4, -0.2) is 24.5 Å². The fourth-order valence-corrected chi connectivity index (χ4v) is 4.17. The molecule has 140 valence electrons. The number of carbonyl (C=O) groups is 2. The zero-order chi connectivity index (χ0) is 19.6. The number of anilines is 2. The Bertz CT molecular complexity index is 901. The van der Waals surface area contributed by atoms with Crippen LogP contribution in [0.2, 0.25) is 0 Å². The molecule has 0 spiro atoms. The van der Waals surface area contributed by atoms with E-state index in [9.17, 15) is 9.59 Å². The molecule has 2 aromatic carbocycles. The van der Waals surface area contributed by atoms with Crippen molar-refractivity contribution in [3.05, 3.63) is 65.9 Å². The molecule has 0 bridgehead atoms. The van der Waals surface area contributed by atoms with Gasteiger partial charge in [-0.05, 0) is 35.9 Å². The maximum absolute atomic E-state index is 12.6. The van der Waals surface area contributed by atoms with E-state index in [2.05, 4.69) is 36.2 Å². The molecular weight excluding hydrogens is 356 g/mol. The summed E-state index contributed by atoms with van der Waals surface area (Å²) in [6, 6.07) is 15.8. The highest BCUT2D eigenvalue weighted by Crippen LogP contribution is 2.46. The van der Waals surface area contributed by atoms with Gasteiger partial charge in [0.05, 0.1) is 5.75 Å². The van der Waals surface area contributed by atoms with Gasteiger partial charge in [-0.1, -0.05) is 32.0 Å². The van der Waals surface area contributed by atoms with Gasteiger partial charge in [-0.2, -0.15) is 0 Å². The predicted octanol–water partition coefficient (Wildman–Crippen LogP) is 4.62. The van der Waals surface area contributed by atoms with E-state index in [1.165, 1.54) is 24.2 Å². The van der Waals surface area contributed by atoms with Gasteiger partial charge in [0, 0.05) is 47.4 Å². The number of fused-ring (bicyclic) bond motifs is 1. The average Bonchev–Trinajstić information content (AvgIpc) is 2.82. The highest BCUT2D eigenvalue weighted by Gasteiger charge is 2.38. The Morgan fingerprint density at radius 1 is 1.11 bits per heavy atom. The largest absolute Gasteiger partial charge is 0.347 e. The second-order valence-corrected chi connectivity index (χ2v) is 8.24. The van der Waals surface area contributed by atoms with Gasteiger partial charge < -0.3 is 10.2 Å². The minimum Gasteiger partial charge on any atom is -0.347 e. The van der Waals surface area contributed by atoms with E-state index in [1.807, 2.05) is 43.4 Å². The summed E-state index contributed by atoms with van der Waals surface area (Å²) in [6.45, 7) is 5.79. The van der Waals surface area contributed by atoms with Crippen molar-refractivity contribution in [3.63, 3.8) is 0 Å². The van der Waals surface area contributed by atoms with Crippen molar-refractivity contribution in [1.29, 1.82) is 0 Å². The number of hydrogen-bond acceptors (Lipinski definition) is 4. The molecule has 0 atom stereocenters. The number of hydrogen-bond donors (Lipinski definition) is 1. The predicted molar refractivity (Wildman–Crippen MR) is 112 cm³/mol. The van der Waals surface area contributed by atoms with Crippen LogP contribution in [0.5, 0.6) is 0 Å².